The molecule has 0 saturated heterocycles. The van der Waals surface area contributed by atoms with Crippen LogP contribution in [0.25, 0.3) is 10.9 Å². The second-order valence-corrected chi connectivity index (χ2v) is 10.9. The molecule has 8 nitrogen and oxygen atoms in total. The molecule has 1 aliphatic heterocycles. The average molecular weight is 502 g/mol. The fourth-order valence-electron chi connectivity index (χ4n) is 4.18. The number of carbonyl (C=O) groups is 1. The Morgan fingerprint density at radius 1 is 1.21 bits per heavy atom. The van der Waals surface area contributed by atoms with Crippen molar-refractivity contribution in [3.05, 3.63) is 70.6 Å². The van der Waals surface area contributed by atoms with Crippen molar-refractivity contribution >= 4 is 43.3 Å². The van der Waals surface area contributed by atoms with Gasteiger partial charge in [0.2, 0.25) is 11.0 Å². The highest BCUT2D eigenvalue weighted by Gasteiger charge is 2.29. The van der Waals surface area contributed by atoms with Gasteiger partial charge in [0.1, 0.15) is 16.9 Å². The number of aryl methyl sites for hydroxylation is 1. The van der Waals surface area contributed by atoms with Crippen molar-refractivity contribution in [2.24, 2.45) is 0 Å². The van der Waals surface area contributed by atoms with E-state index in [2.05, 4.69) is 14.9 Å². The van der Waals surface area contributed by atoms with Crippen LogP contribution < -0.4 is 4.72 Å². The zero-order valence-corrected chi connectivity index (χ0v) is 20.2. The van der Waals surface area contributed by atoms with Gasteiger partial charge in [0, 0.05) is 26.1 Å². The van der Waals surface area contributed by atoms with E-state index in [0.717, 1.165) is 16.1 Å². The molecular weight excluding hydrogens is 477 g/mol. The first kappa shape index (κ1) is 22.5. The third-order valence-corrected chi connectivity index (χ3v) is 8.45. The number of nitrogens with zero attached hydrogens (tertiary/aromatic N) is 4. The summed E-state index contributed by atoms with van der Waals surface area (Å²) in [6.07, 6.45) is 2.39. The van der Waals surface area contributed by atoms with E-state index >= 15 is 0 Å². The number of fused-ring (bicyclic) bond motifs is 2. The van der Waals surface area contributed by atoms with Gasteiger partial charge in [0.15, 0.2) is 0 Å². The lowest BCUT2D eigenvalue weighted by Crippen LogP contribution is -2.32. The molecule has 5 rings (SSSR count). The number of carbonyl (C=O) groups excluding carboxylic acids is 1. The maximum atomic E-state index is 14.1. The number of sulfonamides is 1. The van der Waals surface area contributed by atoms with Gasteiger partial charge < -0.3 is 9.47 Å². The molecule has 1 amide bonds. The van der Waals surface area contributed by atoms with E-state index < -0.39 is 16.1 Å². The number of aromatic nitrogens is 3. The fraction of sp³-hybridized carbons (Fsp3) is 0.261. The highest BCUT2D eigenvalue weighted by Crippen LogP contribution is 2.30. The van der Waals surface area contributed by atoms with Crippen LogP contribution in [0.1, 0.15) is 37.5 Å². The van der Waals surface area contributed by atoms with Gasteiger partial charge in [-0.15, -0.1) is 10.2 Å². The number of halogens is 1. The van der Waals surface area contributed by atoms with Crippen LogP contribution in [-0.4, -0.2) is 34.0 Å². The van der Waals surface area contributed by atoms with Crippen molar-refractivity contribution in [3.63, 3.8) is 0 Å². The first-order valence-corrected chi connectivity index (χ1v) is 13.1. The molecule has 178 valence electrons. The Morgan fingerprint density at radius 2 is 2.00 bits per heavy atom. The van der Waals surface area contributed by atoms with Crippen LogP contribution >= 0.6 is 11.3 Å². The summed E-state index contributed by atoms with van der Waals surface area (Å²) in [4.78, 5) is 15.0. The lowest BCUT2D eigenvalue weighted by molar-refractivity contribution is -0.134. The number of hydrogen-bond donors (Lipinski definition) is 1. The molecule has 0 bridgehead atoms. The highest BCUT2D eigenvalue weighted by atomic mass is 32.2. The monoisotopic (exact) mass is 501 g/mol. The van der Waals surface area contributed by atoms with Crippen LogP contribution in [0.4, 0.5) is 9.52 Å². The minimum atomic E-state index is -3.83. The molecule has 0 saturated carbocycles. The number of anilines is 1. The average Bonchev–Trinajstić information content (AvgIpc) is 3.55. The van der Waals surface area contributed by atoms with E-state index in [1.165, 1.54) is 23.5 Å². The van der Waals surface area contributed by atoms with Crippen LogP contribution in [0.5, 0.6) is 0 Å². The number of nitrogens with one attached hydrogen (secondary N) is 1. The number of amides is 1. The molecule has 1 atom stereocenters. The SMILES string of the molecule is CCc1nnc(NS(=O)(=O)c2ccc3c(c2)CN(C(=O)[C@@H](C)n2ccc4c(F)cccc42)C3)s1.[HH]. The molecule has 4 aromatic rings. The van der Waals surface area contributed by atoms with Gasteiger partial charge in [0.05, 0.1) is 10.4 Å². The van der Waals surface area contributed by atoms with Gasteiger partial charge in [-0.25, -0.2) is 12.8 Å². The smallest absolute Gasteiger partial charge is 0.263 e. The zero-order chi connectivity index (χ0) is 24.0. The zero-order valence-electron chi connectivity index (χ0n) is 18.5. The van der Waals surface area contributed by atoms with E-state index in [0.29, 0.717) is 30.4 Å². The van der Waals surface area contributed by atoms with Crippen molar-refractivity contribution < 1.29 is 19.0 Å². The van der Waals surface area contributed by atoms with Gasteiger partial charge >= 0.3 is 0 Å². The summed E-state index contributed by atoms with van der Waals surface area (Å²) in [5, 5.41) is 9.24. The van der Waals surface area contributed by atoms with Crippen LogP contribution in [0.3, 0.4) is 0 Å². The predicted molar refractivity (Wildman–Crippen MR) is 130 cm³/mol. The summed E-state index contributed by atoms with van der Waals surface area (Å²) < 4.78 is 44.0. The summed E-state index contributed by atoms with van der Waals surface area (Å²) in [5.74, 6) is -0.451. The van der Waals surface area contributed by atoms with Gasteiger partial charge in [-0.05, 0) is 54.8 Å². The summed E-state index contributed by atoms with van der Waals surface area (Å²) >= 11 is 1.20. The molecule has 2 aromatic carbocycles. The van der Waals surface area contributed by atoms with E-state index in [9.17, 15) is 17.6 Å². The molecular formula is C23H24FN5O3S2. The lowest BCUT2D eigenvalue weighted by atomic mass is 10.1. The summed E-state index contributed by atoms with van der Waals surface area (Å²) in [6, 6.07) is 10.8. The quantitative estimate of drug-likeness (QED) is 0.424. The van der Waals surface area contributed by atoms with Crippen molar-refractivity contribution in [2.45, 2.75) is 44.3 Å². The standard InChI is InChI=1S/C23H22FN5O3S2.H2/c1-3-21-25-26-23(33-21)27-34(31,32)17-8-7-15-12-28(13-16(15)11-17)22(30)14(2)29-10-9-18-19(24)5-4-6-20(18)29;/h4-11,14H,3,12-13H2,1-2H3,(H,26,27);1H/t14-;/m1./s1. The van der Waals surface area contributed by atoms with Crippen molar-refractivity contribution in [1.29, 1.82) is 0 Å². The molecule has 3 heterocycles. The molecule has 11 heteroatoms. The van der Waals surface area contributed by atoms with Crippen molar-refractivity contribution in [3.8, 4) is 0 Å². The normalized spacial score (nSPS) is 14.4. The first-order valence-electron chi connectivity index (χ1n) is 10.8. The van der Waals surface area contributed by atoms with E-state index in [-0.39, 0.29) is 23.2 Å². The van der Waals surface area contributed by atoms with Crippen LogP contribution in [-0.2, 0) is 34.3 Å². The molecule has 0 radical (unpaired) electrons. The van der Waals surface area contributed by atoms with E-state index in [1.807, 2.05) is 6.92 Å². The van der Waals surface area contributed by atoms with Gasteiger partial charge in [-0.1, -0.05) is 30.4 Å². The summed E-state index contributed by atoms with van der Waals surface area (Å²) in [6.45, 7) is 4.39. The Kier molecular flexibility index (Phi) is 5.61. The number of rotatable bonds is 6. The Bertz CT molecular complexity index is 1520. The predicted octanol–water partition coefficient (Wildman–Crippen LogP) is 4.34. The second kappa shape index (κ2) is 8.48. The molecule has 1 aliphatic rings. The minimum absolute atomic E-state index is 0. The Labute approximate surface area is 201 Å². The van der Waals surface area contributed by atoms with Gasteiger partial charge in [0.25, 0.3) is 10.0 Å². The third-order valence-electron chi connectivity index (χ3n) is 6.00. The molecule has 34 heavy (non-hydrogen) atoms. The largest absolute Gasteiger partial charge is 0.335 e. The third kappa shape index (κ3) is 3.94. The Hall–Kier alpha value is -3.31. The molecule has 0 aliphatic carbocycles. The number of hydrogen-bond acceptors (Lipinski definition) is 6. The molecule has 0 unspecified atom stereocenters. The Balaban J connectivity index is 0.00000289. The maximum absolute atomic E-state index is 14.1. The van der Waals surface area contributed by atoms with Crippen molar-refractivity contribution in [2.75, 3.05) is 4.72 Å². The number of benzene rings is 2. The topological polar surface area (TPSA) is 97.2 Å². The van der Waals surface area contributed by atoms with E-state index in [1.54, 1.807) is 52.9 Å². The lowest BCUT2D eigenvalue weighted by Gasteiger charge is -2.22. The van der Waals surface area contributed by atoms with Crippen molar-refractivity contribution in [1.82, 2.24) is 19.7 Å². The van der Waals surface area contributed by atoms with Gasteiger partial charge in [-0.2, -0.15) is 0 Å². The van der Waals surface area contributed by atoms with Gasteiger partial charge in [-0.3, -0.25) is 9.52 Å². The molecule has 1 N–H and O–H groups in total. The summed E-state index contributed by atoms with van der Waals surface area (Å²) in [5.41, 5.74) is 2.32. The Morgan fingerprint density at radius 3 is 2.76 bits per heavy atom. The second-order valence-electron chi connectivity index (χ2n) is 8.16. The van der Waals surface area contributed by atoms with E-state index in [4.69, 9.17) is 0 Å². The van der Waals surface area contributed by atoms with Crippen LogP contribution in [0.2, 0.25) is 0 Å². The highest BCUT2D eigenvalue weighted by molar-refractivity contribution is 7.93. The fourth-order valence-corrected chi connectivity index (χ4v) is 6.14. The van der Waals surface area contributed by atoms with Crippen LogP contribution in [0.15, 0.2) is 53.6 Å². The first-order chi connectivity index (χ1) is 16.3. The molecule has 0 spiro atoms. The van der Waals surface area contributed by atoms with Crippen LogP contribution in [0, 0.1) is 5.82 Å². The minimum Gasteiger partial charge on any atom is -0.335 e. The summed E-state index contributed by atoms with van der Waals surface area (Å²) in [7, 11) is -3.83. The molecule has 2 aromatic heterocycles. The molecule has 0 fully saturated rings. The maximum Gasteiger partial charge on any atom is 0.263 e.